The fraction of sp³-hybridized carbons (Fsp3) is 0.420. The minimum absolute atomic E-state index is 0.194. The van der Waals surface area contributed by atoms with Crippen LogP contribution >= 0.6 is 23.1 Å². The third-order valence-electron chi connectivity index (χ3n) is 13.0. The van der Waals surface area contributed by atoms with E-state index in [1.165, 1.54) is 11.1 Å². The van der Waals surface area contributed by atoms with Gasteiger partial charge >= 0.3 is 0 Å². The Bertz CT molecular complexity index is 2950. The number of fused-ring (bicyclic) bond motifs is 2. The molecule has 72 heavy (non-hydrogen) atoms. The Kier molecular flexibility index (Phi) is 16.4. The number of imide groups is 1. The molecule has 380 valence electrons. The Morgan fingerprint density at radius 3 is 2.39 bits per heavy atom. The molecule has 20 nitrogen and oxygen atoms in total. The van der Waals surface area contributed by atoms with Gasteiger partial charge in [0.05, 0.1) is 85.7 Å². The summed E-state index contributed by atoms with van der Waals surface area (Å²) in [5, 5.41) is 17.8. The molecule has 6 heterocycles. The molecule has 3 aliphatic heterocycles. The maximum atomic E-state index is 13.6. The van der Waals surface area contributed by atoms with Gasteiger partial charge in [0.25, 0.3) is 0 Å². The van der Waals surface area contributed by atoms with E-state index in [1.807, 2.05) is 37.6 Å². The fourth-order valence-electron chi connectivity index (χ4n) is 9.39. The van der Waals surface area contributed by atoms with E-state index in [2.05, 4.69) is 96.2 Å². The van der Waals surface area contributed by atoms with Crippen molar-refractivity contribution in [3.63, 3.8) is 0 Å². The third-order valence-corrected chi connectivity index (χ3v) is 15.1. The number of halogens is 1. The van der Waals surface area contributed by atoms with E-state index in [-0.39, 0.29) is 17.9 Å². The van der Waals surface area contributed by atoms with Gasteiger partial charge in [0.15, 0.2) is 0 Å². The highest BCUT2D eigenvalue weighted by molar-refractivity contribution is 9.10. The van der Waals surface area contributed by atoms with Gasteiger partial charge < -0.3 is 44.4 Å². The molecule has 3 aromatic heterocycles. The number of nitrogens with zero attached hydrogens (tertiary/aromatic N) is 9. The predicted octanol–water partition coefficient (Wildman–Crippen LogP) is 5.73. The van der Waals surface area contributed by atoms with Crippen molar-refractivity contribution in [2.45, 2.75) is 32.0 Å². The van der Waals surface area contributed by atoms with Crippen LogP contribution < -0.4 is 36.2 Å². The largest absolute Gasteiger partial charge is 0.494 e. The number of piperidine rings is 1. The Hall–Kier alpha value is -6.06. The highest BCUT2D eigenvalue weighted by atomic mass is 79.9. The second kappa shape index (κ2) is 23.2. The van der Waals surface area contributed by atoms with Gasteiger partial charge in [-0.1, -0.05) is 12.1 Å². The summed E-state index contributed by atoms with van der Waals surface area (Å²) in [6.45, 7) is 12.8. The lowest BCUT2D eigenvalue weighted by Gasteiger charge is -2.37. The second-order valence-corrected chi connectivity index (χ2v) is 22.3. The zero-order chi connectivity index (χ0) is 50.2. The summed E-state index contributed by atoms with van der Waals surface area (Å²) in [5.74, 6) is 1.04. The summed E-state index contributed by atoms with van der Waals surface area (Å²) in [7, 11) is 0.751. The molecule has 2 amide bonds. The molecule has 0 saturated carbocycles. The smallest absolute Gasteiger partial charge is 0.243 e. The molecule has 0 radical (unpaired) electrons. The molecule has 22 heteroatoms. The minimum atomic E-state index is -2.80. The Labute approximate surface area is 427 Å². The van der Waals surface area contributed by atoms with Crippen LogP contribution in [0.3, 0.4) is 0 Å². The number of carbonyl (C=O) groups is 2. The number of benzene rings is 3. The number of hydrogen-bond acceptors (Lipinski definition) is 18. The van der Waals surface area contributed by atoms with Gasteiger partial charge in [0.2, 0.25) is 17.8 Å². The number of methoxy groups -OCH3 is 1. The SMILES string of the molecule is COc1cc(N2CCN(CCOCCOCCOCCNc3cccc4c3CN(C3CCC(=O)NC3=O)C4)CC2)c(-c2cnn(C)c2)cc1Nc1ncc(Br)c(Nc2ccc3nccnc3c2P(C)(C)=O)n1. The molecule has 4 N–H and O–H groups in total. The van der Waals surface area contributed by atoms with Crippen LogP contribution in [0.15, 0.2) is 77.9 Å². The molecule has 0 aliphatic carbocycles. The van der Waals surface area contributed by atoms with E-state index in [0.717, 1.165) is 55.2 Å². The van der Waals surface area contributed by atoms with Crippen molar-refractivity contribution < 1.29 is 33.1 Å². The molecule has 3 aromatic carbocycles. The normalized spacial score (nSPS) is 16.5. The fourth-order valence-corrected chi connectivity index (χ4v) is 11.1. The van der Waals surface area contributed by atoms with Crippen LogP contribution in [-0.4, -0.2) is 157 Å². The van der Waals surface area contributed by atoms with Crippen molar-refractivity contribution in [1.29, 1.82) is 0 Å². The lowest BCUT2D eigenvalue weighted by molar-refractivity contribution is -0.137. The average molecular weight is 1070 g/mol. The lowest BCUT2D eigenvalue weighted by atomic mass is 10.0. The second-order valence-electron chi connectivity index (χ2n) is 18.3. The number of rotatable bonds is 22. The molecule has 0 bridgehead atoms. The number of amides is 2. The van der Waals surface area contributed by atoms with Gasteiger partial charge in [-0.05, 0) is 71.1 Å². The van der Waals surface area contributed by atoms with Crippen molar-refractivity contribution in [2.75, 3.05) is 120 Å². The Balaban J connectivity index is 0.716. The molecular formula is C50H61BrN13O7P. The molecule has 0 spiro atoms. The van der Waals surface area contributed by atoms with Crippen molar-refractivity contribution in [3.05, 3.63) is 89.0 Å². The zero-order valence-corrected chi connectivity index (χ0v) is 43.5. The van der Waals surface area contributed by atoms with Crippen LogP contribution in [0.4, 0.5) is 34.5 Å². The van der Waals surface area contributed by atoms with E-state index in [1.54, 1.807) is 43.7 Å². The van der Waals surface area contributed by atoms with Crippen molar-refractivity contribution in [3.8, 4) is 16.9 Å². The topological polar surface area (TPSA) is 215 Å². The summed E-state index contributed by atoms with van der Waals surface area (Å²) in [5.41, 5.74) is 8.97. The van der Waals surface area contributed by atoms with E-state index in [4.69, 9.17) is 23.9 Å². The lowest BCUT2D eigenvalue weighted by Crippen LogP contribution is -2.50. The standard InChI is InChI=1S/C50H61BrN13O7P/c1-61-30-34(28-56-61)35-26-41(58-50-55-29-37(51)48(60-50)57-40-9-8-39-46(54-13-12-52-39)47(40)72(3,4)67)44(68-2)27-43(35)63-17-15-62(16-18-63)19-21-70-23-25-71-24-22-69-20-14-53-38-7-5-6-33-31-64(32-36(33)38)42-10-11-45(65)59-49(42)66/h5-9,12-13,26-30,42,53H,10-11,14-25,31-32H2,1-4H3,(H,59,65,66)(H2,55,57,58,60). The van der Waals surface area contributed by atoms with Crippen LogP contribution in [0, 0.1) is 0 Å². The summed E-state index contributed by atoms with van der Waals surface area (Å²) >= 11 is 3.60. The summed E-state index contributed by atoms with van der Waals surface area (Å²) < 4.78 is 39.5. The van der Waals surface area contributed by atoms with Gasteiger partial charge in [-0.15, -0.1) is 0 Å². The number of ether oxygens (including phenoxy) is 4. The maximum absolute atomic E-state index is 13.6. The molecule has 2 fully saturated rings. The van der Waals surface area contributed by atoms with E-state index in [0.29, 0.717) is 122 Å². The van der Waals surface area contributed by atoms with Gasteiger partial charge in [-0.25, -0.2) is 4.98 Å². The first-order valence-electron chi connectivity index (χ1n) is 24.1. The predicted molar refractivity (Wildman–Crippen MR) is 282 cm³/mol. The quantitative estimate of drug-likeness (QED) is 0.0363. The third kappa shape index (κ3) is 12.2. The van der Waals surface area contributed by atoms with Crippen LogP contribution in [0.25, 0.3) is 22.2 Å². The van der Waals surface area contributed by atoms with Crippen molar-refractivity contribution in [1.82, 2.24) is 44.8 Å². The van der Waals surface area contributed by atoms with Crippen LogP contribution in [0.5, 0.6) is 5.75 Å². The highest BCUT2D eigenvalue weighted by Crippen LogP contribution is 2.43. The number of aryl methyl sites for hydroxylation is 1. The maximum Gasteiger partial charge on any atom is 0.243 e. The zero-order valence-electron chi connectivity index (χ0n) is 41.0. The molecule has 1 atom stereocenters. The van der Waals surface area contributed by atoms with Crippen LogP contribution in [0.1, 0.15) is 24.0 Å². The number of piperazine rings is 1. The minimum Gasteiger partial charge on any atom is -0.494 e. The van der Waals surface area contributed by atoms with Gasteiger partial charge in [-0.2, -0.15) is 10.1 Å². The monoisotopic (exact) mass is 1070 g/mol. The average Bonchev–Trinajstić information content (AvgIpc) is 4.01. The Morgan fingerprint density at radius 2 is 1.64 bits per heavy atom. The van der Waals surface area contributed by atoms with Crippen LogP contribution in [0.2, 0.25) is 0 Å². The molecule has 9 rings (SSSR count). The van der Waals surface area contributed by atoms with E-state index < -0.39 is 7.14 Å². The number of nitrogens with one attached hydrogen (secondary N) is 4. The highest BCUT2D eigenvalue weighted by Gasteiger charge is 2.35. The van der Waals surface area contributed by atoms with Gasteiger partial charge in [0, 0.05) is 119 Å². The summed E-state index contributed by atoms with van der Waals surface area (Å²) in [6.07, 6.45) is 9.68. The van der Waals surface area contributed by atoms with Gasteiger partial charge in [-0.3, -0.25) is 39.4 Å². The summed E-state index contributed by atoms with van der Waals surface area (Å²) in [4.78, 5) is 49.4. The summed E-state index contributed by atoms with van der Waals surface area (Å²) in [6, 6.07) is 13.7. The molecule has 2 saturated heterocycles. The number of aromatic nitrogens is 6. The van der Waals surface area contributed by atoms with Crippen molar-refractivity contribution >= 4 is 85.7 Å². The molecule has 6 aromatic rings. The van der Waals surface area contributed by atoms with E-state index >= 15 is 0 Å². The van der Waals surface area contributed by atoms with Crippen molar-refractivity contribution in [2.24, 2.45) is 7.05 Å². The first-order valence-corrected chi connectivity index (χ1v) is 27.5. The number of carbonyl (C=O) groups excluding carboxylic acids is 2. The number of anilines is 6. The Morgan fingerprint density at radius 1 is 0.861 bits per heavy atom. The van der Waals surface area contributed by atoms with Crippen LogP contribution in [-0.2, 0) is 48.5 Å². The first kappa shape index (κ1) is 50.9. The molecular weight excluding hydrogens is 1010 g/mol. The first-order chi connectivity index (χ1) is 34.9. The molecule has 3 aliphatic rings. The van der Waals surface area contributed by atoms with Gasteiger partial charge in [0.1, 0.15) is 24.2 Å². The number of hydrogen-bond donors (Lipinski definition) is 4. The molecule has 1 unspecified atom stereocenters. The van der Waals surface area contributed by atoms with E-state index in [9.17, 15) is 14.2 Å².